The van der Waals surface area contributed by atoms with Gasteiger partial charge in [0.05, 0.1) is 16.6 Å². The molecular weight excluding hydrogens is 364 g/mol. The van der Waals surface area contributed by atoms with Crippen LogP contribution < -0.4 is 0 Å². The second-order valence-corrected chi connectivity index (χ2v) is 8.10. The van der Waals surface area contributed by atoms with Crippen LogP contribution in [0.3, 0.4) is 0 Å². The molecule has 3 nitrogen and oxygen atoms in total. The molecule has 4 heteroatoms. The Bertz CT molecular complexity index is 1130. The zero-order valence-corrected chi connectivity index (χ0v) is 16.4. The van der Waals surface area contributed by atoms with Gasteiger partial charge in [-0.05, 0) is 47.7 Å². The van der Waals surface area contributed by atoms with Crippen LogP contribution in [0.5, 0.6) is 0 Å². The van der Waals surface area contributed by atoms with Gasteiger partial charge >= 0.3 is 0 Å². The van der Waals surface area contributed by atoms with Crippen molar-refractivity contribution in [1.82, 2.24) is 9.47 Å². The molecule has 2 aromatic carbocycles. The summed E-state index contributed by atoms with van der Waals surface area (Å²) in [7, 11) is 0. The quantitative estimate of drug-likeness (QED) is 0.442. The van der Waals surface area contributed by atoms with Crippen molar-refractivity contribution in [2.75, 3.05) is 0 Å². The van der Waals surface area contributed by atoms with Crippen molar-refractivity contribution in [2.24, 2.45) is 0 Å². The van der Waals surface area contributed by atoms with Gasteiger partial charge in [0.2, 0.25) is 0 Å². The van der Waals surface area contributed by atoms with Crippen molar-refractivity contribution in [3.05, 3.63) is 112 Å². The Kier molecular flexibility index (Phi) is 4.14. The summed E-state index contributed by atoms with van der Waals surface area (Å²) < 4.78 is 2.22. The van der Waals surface area contributed by atoms with Crippen molar-refractivity contribution in [2.45, 2.75) is 19.5 Å². The van der Waals surface area contributed by atoms with Crippen LogP contribution in [0, 0.1) is 6.92 Å². The van der Waals surface area contributed by atoms with Crippen LogP contribution in [-0.2, 0) is 6.54 Å². The fraction of sp³-hybridized carbons (Fsp3) is 0.125. The Labute approximate surface area is 168 Å². The molecule has 1 amide bonds. The van der Waals surface area contributed by atoms with Gasteiger partial charge in [0, 0.05) is 18.4 Å². The molecule has 0 fully saturated rings. The zero-order valence-electron chi connectivity index (χ0n) is 15.6. The number of fused-ring (bicyclic) bond motifs is 3. The van der Waals surface area contributed by atoms with Gasteiger partial charge in [0.15, 0.2) is 0 Å². The number of rotatable bonds is 2. The Morgan fingerprint density at radius 3 is 2.57 bits per heavy atom. The summed E-state index contributed by atoms with van der Waals surface area (Å²) in [6.45, 7) is 2.66. The molecule has 0 unspecified atom stereocenters. The third-order valence-electron chi connectivity index (χ3n) is 5.35. The lowest BCUT2D eigenvalue weighted by Gasteiger charge is -2.30. The van der Waals surface area contributed by atoms with Crippen molar-refractivity contribution >= 4 is 17.2 Å². The number of aryl methyl sites for hydroxylation is 1. The molecule has 0 aliphatic carbocycles. The minimum atomic E-state index is -0.141. The fourth-order valence-electron chi connectivity index (χ4n) is 3.98. The van der Waals surface area contributed by atoms with Crippen LogP contribution >= 0.6 is 11.3 Å². The van der Waals surface area contributed by atoms with E-state index in [-0.39, 0.29) is 11.9 Å². The van der Waals surface area contributed by atoms with E-state index in [4.69, 9.17) is 0 Å². The molecule has 0 N–H and O–H groups in total. The summed E-state index contributed by atoms with van der Waals surface area (Å²) in [6, 6.07) is 24.8. The van der Waals surface area contributed by atoms with Crippen LogP contribution in [-0.4, -0.2) is 15.4 Å². The molecule has 0 spiro atoms. The molecule has 28 heavy (non-hydrogen) atoms. The number of thiophene rings is 1. The molecule has 2 aromatic heterocycles. The van der Waals surface area contributed by atoms with Crippen LogP contribution in [0.25, 0.3) is 5.69 Å². The lowest BCUT2D eigenvalue weighted by atomic mass is 10.00. The largest absolute Gasteiger partial charge is 0.321 e. The Balaban J connectivity index is 1.73. The van der Waals surface area contributed by atoms with E-state index in [1.165, 1.54) is 16.9 Å². The summed E-state index contributed by atoms with van der Waals surface area (Å²) in [5.41, 5.74) is 5.75. The number of nitrogens with zero attached hydrogens (tertiary/aromatic N) is 2. The van der Waals surface area contributed by atoms with E-state index in [1.54, 1.807) is 0 Å². The monoisotopic (exact) mass is 384 g/mol. The number of hydrogen-bond donors (Lipinski definition) is 0. The van der Waals surface area contributed by atoms with Gasteiger partial charge in [0.25, 0.3) is 5.91 Å². The lowest BCUT2D eigenvalue weighted by molar-refractivity contribution is 0.0696. The molecular formula is C24H20N2OS. The molecule has 0 radical (unpaired) electrons. The van der Waals surface area contributed by atoms with Gasteiger partial charge in [0.1, 0.15) is 0 Å². The van der Waals surface area contributed by atoms with Gasteiger partial charge in [-0.2, -0.15) is 0 Å². The van der Waals surface area contributed by atoms with E-state index in [2.05, 4.69) is 72.3 Å². The topological polar surface area (TPSA) is 25.2 Å². The summed E-state index contributed by atoms with van der Waals surface area (Å²) >= 11 is 1.50. The van der Waals surface area contributed by atoms with Crippen LogP contribution in [0.4, 0.5) is 0 Å². The molecule has 4 aromatic rings. The molecule has 138 valence electrons. The number of para-hydroxylation sites is 1. The summed E-state index contributed by atoms with van der Waals surface area (Å²) in [6.07, 6.45) is 2.09. The summed E-state index contributed by atoms with van der Waals surface area (Å²) in [5.74, 6) is 0.0741. The predicted octanol–water partition coefficient (Wildman–Crippen LogP) is 5.59. The highest BCUT2D eigenvalue weighted by Crippen LogP contribution is 2.37. The van der Waals surface area contributed by atoms with Gasteiger partial charge in [-0.1, -0.05) is 54.1 Å². The first-order valence-corrected chi connectivity index (χ1v) is 10.3. The summed E-state index contributed by atoms with van der Waals surface area (Å²) in [4.78, 5) is 16.3. The molecule has 0 bridgehead atoms. The maximum atomic E-state index is 13.5. The number of carbonyl (C=O) groups excluding carboxylic acids is 1. The van der Waals surface area contributed by atoms with Gasteiger partial charge < -0.3 is 9.47 Å². The van der Waals surface area contributed by atoms with Gasteiger partial charge in [-0.15, -0.1) is 11.3 Å². The van der Waals surface area contributed by atoms with Crippen LogP contribution in [0.1, 0.15) is 38.1 Å². The molecule has 3 heterocycles. The van der Waals surface area contributed by atoms with E-state index in [0.717, 1.165) is 27.4 Å². The first-order valence-electron chi connectivity index (χ1n) is 9.39. The van der Waals surface area contributed by atoms with Crippen molar-refractivity contribution < 1.29 is 4.79 Å². The Morgan fingerprint density at radius 2 is 1.79 bits per heavy atom. The van der Waals surface area contributed by atoms with E-state index >= 15 is 0 Å². The van der Waals surface area contributed by atoms with Crippen molar-refractivity contribution in [3.8, 4) is 5.69 Å². The number of hydrogen-bond acceptors (Lipinski definition) is 2. The van der Waals surface area contributed by atoms with Crippen molar-refractivity contribution in [3.63, 3.8) is 0 Å². The normalized spacial score (nSPS) is 15.6. The SMILES string of the molecule is Cc1ccc([C@@H]2c3cccn3-c3ccccc3CN2C(=O)c2cccs2)cc1. The maximum Gasteiger partial charge on any atom is 0.265 e. The number of amides is 1. The second kappa shape index (κ2) is 6.80. The highest BCUT2D eigenvalue weighted by atomic mass is 32.1. The average Bonchev–Trinajstić information content (AvgIpc) is 3.39. The lowest BCUT2D eigenvalue weighted by Crippen LogP contribution is -2.34. The minimum Gasteiger partial charge on any atom is -0.321 e. The third-order valence-corrected chi connectivity index (χ3v) is 6.21. The maximum absolute atomic E-state index is 13.5. The Hall–Kier alpha value is -3.11. The second-order valence-electron chi connectivity index (χ2n) is 7.16. The molecule has 5 rings (SSSR count). The van der Waals surface area contributed by atoms with E-state index < -0.39 is 0 Å². The standard InChI is InChI=1S/C24H20N2OS/c1-17-10-12-18(13-11-17)23-21-8-4-14-25(21)20-7-3-2-6-19(20)16-26(23)24(27)22-9-5-15-28-22/h2-15,23H,16H2,1H3/t23-/m1/s1. The van der Waals surface area contributed by atoms with E-state index in [1.807, 2.05) is 28.5 Å². The van der Waals surface area contributed by atoms with Crippen LogP contribution in [0.15, 0.2) is 84.4 Å². The van der Waals surface area contributed by atoms with E-state index in [9.17, 15) is 4.79 Å². The highest BCUT2D eigenvalue weighted by molar-refractivity contribution is 7.12. The molecule has 0 saturated carbocycles. The zero-order chi connectivity index (χ0) is 19.1. The molecule has 0 saturated heterocycles. The minimum absolute atomic E-state index is 0.0741. The van der Waals surface area contributed by atoms with E-state index in [0.29, 0.717) is 6.54 Å². The molecule has 1 aliphatic rings. The number of benzene rings is 2. The molecule has 1 aliphatic heterocycles. The number of aromatic nitrogens is 1. The van der Waals surface area contributed by atoms with Gasteiger partial charge in [-0.25, -0.2) is 0 Å². The average molecular weight is 385 g/mol. The third kappa shape index (κ3) is 2.77. The predicted molar refractivity (Wildman–Crippen MR) is 113 cm³/mol. The highest BCUT2D eigenvalue weighted by Gasteiger charge is 2.33. The van der Waals surface area contributed by atoms with Gasteiger partial charge in [-0.3, -0.25) is 4.79 Å². The van der Waals surface area contributed by atoms with Crippen molar-refractivity contribution in [1.29, 1.82) is 0 Å². The fourth-order valence-corrected chi connectivity index (χ4v) is 4.66. The number of carbonyl (C=O) groups is 1. The first-order chi connectivity index (χ1) is 13.7. The smallest absolute Gasteiger partial charge is 0.265 e. The van der Waals surface area contributed by atoms with Crippen LogP contribution in [0.2, 0.25) is 0 Å². The molecule has 1 atom stereocenters. The first kappa shape index (κ1) is 17.0. The summed E-state index contributed by atoms with van der Waals surface area (Å²) in [5, 5.41) is 1.96. The Morgan fingerprint density at radius 1 is 0.964 bits per heavy atom.